The molecule has 0 unspecified atom stereocenters. The number of hydrogen-bond acceptors (Lipinski definition) is 3. The average molecular weight is 410 g/mol. The predicted octanol–water partition coefficient (Wildman–Crippen LogP) is 5.56. The Morgan fingerprint density at radius 2 is 1.81 bits per heavy atom. The number of allylic oxidation sites excluding steroid dienone is 1. The van der Waals surface area contributed by atoms with E-state index in [-0.39, 0.29) is 11.7 Å². The second-order valence-corrected chi connectivity index (χ2v) is 6.58. The summed E-state index contributed by atoms with van der Waals surface area (Å²) in [5, 5.41) is 2.66. The molecule has 4 nitrogen and oxygen atoms in total. The molecule has 0 aliphatic carbocycles. The zero-order chi connectivity index (χ0) is 18.5. The molecule has 0 fully saturated rings. The fourth-order valence-corrected chi connectivity index (χ4v) is 2.68. The van der Waals surface area contributed by atoms with Crippen LogP contribution in [0.2, 0.25) is 0 Å². The summed E-state index contributed by atoms with van der Waals surface area (Å²) in [6.45, 7) is 1.42. The number of hydrogen-bond donors (Lipinski definition) is 1. The first-order valence-electron chi connectivity index (χ1n) is 7.97. The lowest BCUT2D eigenvalue weighted by Crippen LogP contribution is -2.06. The molecule has 1 N–H and O–H groups in total. The number of ketones is 1. The van der Waals surface area contributed by atoms with E-state index in [9.17, 15) is 9.59 Å². The van der Waals surface area contributed by atoms with Gasteiger partial charge in [0.2, 0.25) is 5.91 Å². The number of anilines is 1. The maximum Gasteiger partial charge on any atom is 0.221 e. The number of rotatable bonds is 5. The molecule has 0 saturated heterocycles. The zero-order valence-electron chi connectivity index (χ0n) is 14.0. The summed E-state index contributed by atoms with van der Waals surface area (Å²) in [5.41, 5.74) is 2.04. The summed E-state index contributed by atoms with van der Waals surface area (Å²) < 4.78 is 6.76. The molecule has 3 rings (SSSR count). The molecule has 0 atom stereocenters. The summed E-state index contributed by atoms with van der Waals surface area (Å²) >= 11 is 3.40. The Morgan fingerprint density at radius 1 is 1.04 bits per heavy atom. The van der Waals surface area contributed by atoms with Crippen molar-refractivity contribution in [2.75, 3.05) is 5.32 Å². The molecule has 0 aliphatic rings. The summed E-state index contributed by atoms with van der Waals surface area (Å²) in [6, 6.07) is 18.3. The monoisotopic (exact) mass is 409 g/mol. The van der Waals surface area contributed by atoms with Gasteiger partial charge in [0.05, 0.1) is 0 Å². The molecule has 2 aromatic carbocycles. The van der Waals surface area contributed by atoms with Gasteiger partial charge in [-0.05, 0) is 48.6 Å². The third kappa shape index (κ3) is 4.58. The molecule has 0 radical (unpaired) electrons. The van der Waals surface area contributed by atoms with Crippen LogP contribution in [0.4, 0.5) is 5.69 Å². The van der Waals surface area contributed by atoms with Crippen LogP contribution in [-0.4, -0.2) is 11.7 Å². The minimum atomic E-state index is -0.179. The van der Waals surface area contributed by atoms with Crippen LogP contribution in [-0.2, 0) is 4.79 Å². The van der Waals surface area contributed by atoms with E-state index >= 15 is 0 Å². The minimum absolute atomic E-state index is 0.168. The average Bonchev–Trinajstić information content (AvgIpc) is 3.09. The lowest BCUT2D eigenvalue weighted by Gasteiger charge is -2.03. The SMILES string of the molecule is CC(=O)Nc1cccc(C(=O)/C=C/c2ccc(-c3ccc(Br)cc3)o2)c1. The summed E-state index contributed by atoms with van der Waals surface area (Å²) in [7, 11) is 0. The molecule has 1 heterocycles. The minimum Gasteiger partial charge on any atom is -0.457 e. The second kappa shape index (κ2) is 7.97. The van der Waals surface area contributed by atoms with Crippen LogP contribution in [0.25, 0.3) is 17.4 Å². The van der Waals surface area contributed by atoms with Crippen LogP contribution in [0.5, 0.6) is 0 Å². The largest absolute Gasteiger partial charge is 0.457 e. The van der Waals surface area contributed by atoms with E-state index in [1.807, 2.05) is 36.4 Å². The maximum absolute atomic E-state index is 12.3. The van der Waals surface area contributed by atoms with Crippen molar-refractivity contribution in [1.82, 2.24) is 0 Å². The highest BCUT2D eigenvalue weighted by Crippen LogP contribution is 2.24. The van der Waals surface area contributed by atoms with Gasteiger partial charge in [0.15, 0.2) is 5.78 Å². The first-order valence-corrected chi connectivity index (χ1v) is 8.76. The molecule has 1 amide bonds. The molecule has 0 aliphatic heterocycles. The quantitative estimate of drug-likeness (QED) is 0.442. The van der Waals surface area contributed by atoms with Crippen molar-refractivity contribution < 1.29 is 14.0 Å². The molecule has 3 aromatic rings. The van der Waals surface area contributed by atoms with Gasteiger partial charge < -0.3 is 9.73 Å². The fraction of sp³-hybridized carbons (Fsp3) is 0.0476. The van der Waals surface area contributed by atoms with Crippen molar-refractivity contribution in [2.45, 2.75) is 6.92 Å². The second-order valence-electron chi connectivity index (χ2n) is 5.67. The number of benzene rings is 2. The van der Waals surface area contributed by atoms with Crippen molar-refractivity contribution in [1.29, 1.82) is 0 Å². The lowest BCUT2D eigenvalue weighted by molar-refractivity contribution is -0.114. The molecule has 0 bridgehead atoms. The molecule has 0 spiro atoms. The Kier molecular flexibility index (Phi) is 5.49. The van der Waals surface area contributed by atoms with Gasteiger partial charge in [-0.15, -0.1) is 0 Å². The molecule has 1 aromatic heterocycles. The van der Waals surface area contributed by atoms with E-state index in [2.05, 4.69) is 21.2 Å². The van der Waals surface area contributed by atoms with Gasteiger partial charge in [0.1, 0.15) is 11.5 Å². The maximum atomic E-state index is 12.3. The van der Waals surface area contributed by atoms with E-state index in [1.54, 1.807) is 30.3 Å². The van der Waals surface area contributed by atoms with Gasteiger partial charge in [-0.25, -0.2) is 0 Å². The van der Waals surface area contributed by atoms with Crippen LogP contribution in [0.3, 0.4) is 0 Å². The number of amides is 1. The predicted molar refractivity (Wildman–Crippen MR) is 106 cm³/mol. The molecule has 5 heteroatoms. The lowest BCUT2D eigenvalue weighted by atomic mass is 10.1. The van der Waals surface area contributed by atoms with Gasteiger partial charge in [-0.3, -0.25) is 9.59 Å². The highest BCUT2D eigenvalue weighted by atomic mass is 79.9. The zero-order valence-corrected chi connectivity index (χ0v) is 15.6. The topological polar surface area (TPSA) is 59.3 Å². The van der Waals surface area contributed by atoms with Gasteiger partial charge in [0, 0.05) is 28.2 Å². The Bertz CT molecular complexity index is 971. The first-order chi connectivity index (χ1) is 12.5. The van der Waals surface area contributed by atoms with Crippen LogP contribution in [0.1, 0.15) is 23.0 Å². The number of carbonyl (C=O) groups excluding carboxylic acids is 2. The summed E-state index contributed by atoms with van der Waals surface area (Å²) in [6.07, 6.45) is 3.09. The highest BCUT2D eigenvalue weighted by Gasteiger charge is 2.06. The van der Waals surface area contributed by atoms with Crippen LogP contribution in [0, 0.1) is 0 Å². The third-order valence-corrected chi connectivity index (χ3v) is 4.15. The van der Waals surface area contributed by atoms with Crippen molar-refractivity contribution in [3.05, 3.63) is 82.5 Å². The Hall–Kier alpha value is -2.92. The van der Waals surface area contributed by atoms with E-state index in [1.165, 1.54) is 13.0 Å². The number of halogens is 1. The molecular weight excluding hydrogens is 394 g/mol. The van der Waals surface area contributed by atoms with Gasteiger partial charge >= 0.3 is 0 Å². The van der Waals surface area contributed by atoms with Gasteiger partial charge in [-0.2, -0.15) is 0 Å². The van der Waals surface area contributed by atoms with E-state index in [0.29, 0.717) is 17.0 Å². The van der Waals surface area contributed by atoms with E-state index in [0.717, 1.165) is 15.8 Å². The number of furan rings is 1. The van der Waals surface area contributed by atoms with Crippen LogP contribution < -0.4 is 5.32 Å². The molecular formula is C21H16BrNO3. The molecule has 26 heavy (non-hydrogen) atoms. The van der Waals surface area contributed by atoms with E-state index < -0.39 is 0 Å². The Labute approximate surface area is 159 Å². The Morgan fingerprint density at radius 3 is 2.54 bits per heavy atom. The van der Waals surface area contributed by atoms with Crippen molar-refractivity contribution in [3.8, 4) is 11.3 Å². The van der Waals surface area contributed by atoms with Gasteiger partial charge in [0.25, 0.3) is 0 Å². The normalized spacial score (nSPS) is 10.8. The van der Waals surface area contributed by atoms with Crippen molar-refractivity contribution in [3.63, 3.8) is 0 Å². The number of nitrogens with one attached hydrogen (secondary N) is 1. The van der Waals surface area contributed by atoms with Gasteiger partial charge in [-0.1, -0.05) is 40.2 Å². The molecule has 0 saturated carbocycles. The standard InChI is InChI=1S/C21H16BrNO3/c1-14(24)23-18-4-2-3-16(13-18)20(25)11-9-19-10-12-21(26-19)15-5-7-17(22)8-6-15/h2-13H,1H3,(H,23,24)/b11-9+. The third-order valence-electron chi connectivity index (χ3n) is 3.62. The summed E-state index contributed by atoms with van der Waals surface area (Å²) in [5.74, 6) is 0.978. The number of carbonyl (C=O) groups is 2. The fourth-order valence-electron chi connectivity index (χ4n) is 2.42. The Balaban J connectivity index is 1.73. The van der Waals surface area contributed by atoms with E-state index in [4.69, 9.17) is 4.42 Å². The smallest absolute Gasteiger partial charge is 0.221 e. The van der Waals surface area contributed by atoms with Crippen LogP contribution >= 0.6 is 15.9 Å². The summed E-state index contributed by atoms with van der Waals surface area (Å²) in [4.78, 5) is 23.4. The molecule has 130 valence electrons. The van der Waals surface area contributed by atoms with Crippen LogP contribution in [0.15, 0.2) is 75.6 Å². The van der Waals surface area contributed by atoms with Crippen molar-refractivity contribution >= 4 is 39.4 Å². The highest BCUT2D eigenvalue weighted by molar-refractivity contribution is 9.10. The van der Waals surface area contributed by atoms with Crippen molar-refractivity contribution in [2.24, 2.45) is 0 Å². The first kappa shape index (κ1) is 17.9.